The maximum Gasteiger partial charge on any atom is 0.224 e. The molecule has 2 unspecified atom stereocenters. The molecule has 1 N–H and O–H groups in total. The van der Waals surface area contributed by atoms with Crippen LogP contribution >= 0.6 is 0 Å². The summed E-state index contributed by atoms with van der Waals surface area (Å²) in [6, 6.07) is 3.70. The maximum absolute atomic E-state index is 13.1. The number of carbonyl (C=O) groups excluding carboxylic acids is 2. The van der Waals surface area contributed by atoms with E-state index in [2.05, 4.69) is 5.32 Å². The van der Waals surface area contributed by atoms with Gasteiger partial charge in [0.1, 0.15) is 0 Å². The van der Waals surface area contributed by atoms with Crippen molar-refractivity contribution in [2.75, 3.05) is 6.54 Å². The van der Waals surface area contributed by atoms with E-state index >= 15 is 0 Å². The summed E-state index contributed by atoms with van der Waals surface area (Å²) in [5.41, 5.74) is 0.624. The number of hydrogen-bond acceptors (Lipinski definition) is 2. The van der Waals surface area contributed by atoms with Crippen molar-refractivity contribution >= 4 is 11.7 Å². The zero-order valence-electron chi connectivity index (χ0n) is 11.5. The van der Waals surface area contributed by atoms with Gasteiger partial charge in [0.15, 0.2) is 17.4 Å². The lowest BCUT2D eigenvalue weighted by Gasteiger charge is -2.06. The Morgan fingerprint density at radius 1 is 1.30 bits per heavy atom. The van der Waals surface area contributed by atoms with Gasteiger partial charge in [0.05, 0.1) is 6.54 Å². The van der Waals surface area contributed by atoms with E-state index in [4.69, 9.17) is 0 Å². The molecule has 1 fully saturated rings. The SMILES string of the molecule is CC(C)C(=O)CNC(=O)C1CC1c1ccc(F)c(F)c1. The highest BCUT2D eigenvalue weighted by atomic mass is 19.2. The standard InChI is InChI=1S/C15H17F2NO2/c1-8(2)14(19)7-18-15(20)11-6-10(11)9-3-4-12(16)13(17)5-9/h3-5,8,10-11H,6-7H2,1-2H3,(H,18,20). The average molecular weight is 281 g/mol. The zero-order valence-corrected chi connectivity index (χ0v) is 11.5. The molecule has 20 heavy (non-hydrogen) atoms. The maximum atomic E-state index is 13.1. The summed E-state index contributed by atoms with van der Waals surface area (Å²) >= 11 is 0. The molecule has 5 heteroatoms. The Bertz CT molecular complexity index is 543. The van der Waals surface area contributed by atoms with E-state index in [1.54, 1.807) is 13.8 Å². The van der Waals surface area contributed by atoms with E-state index in [0.717, 1.165) is 12.1 Å². The number of benzene rings is 1. The highest BCUT2D eigenvalue weighted by Crippen LogP contribution is 2.47. The Labute approximate surface area is 116 Å². The minimum atomic E-state index is -0.899. The van der Waals surface area contributed by atoms with Crippen molar-refractivity contribution in [1.29, 1.82) is 0 Å². The van der Waals surface area contributed by atoms with Crippen molar-refractivity contribution in [1.82, 2.24) is 5.32 Å². The fourth-order valence-corrected chi connectivity index (χ4v) is 2.11. The van der Waals surface area contributed by atoms with Crippen molar-refractivity contribution in [3.05, 3.63) is 35.4 Å². The second-order valence-electron chi connectivity index (χ2n) is 5.46. The quantitative estimate of drug-likeness (QED) is 0.901. The lowest BCUT2D eigenvalue weighted by atomic mass is 10.1. The fraction of sp³-hybridized carbons (Fsp3) is 0.467. The average Bonchev–Trinajstić information content (AvgIpc) is 3.19. The van der Waals surface area contributed by atoms with E-state index in [1.807, 2.05) is 0 Å². The van der Waals surface area contributed by atoms with Crippen LogP contribution in [0.4, 0.5) is 8.78 Å². The molecule has 0 saturated heterocycles. The molecule has 1 aromatic rings. The summed E-state index contributed by atoms with van der Waals surface area (Å²) < 4.78 is 25.9. The van der Waals surface area contributed by atoms with Gasteiger partial charge >= 0.3 is 0 Å². The van der Waals surface area contributed by atoms with E-state index < -0.39 is 11.6 Å². The zero-order chi connectivity index (χ0) is 14.9. The second-order valence-corrected chi connectivity index (χ2v) is 5.46. The van der Waals surface area contributed by atoms with Gasteiger partial charge in [0, 0.05) is 11.8 Å². The van der Waals surface area contributed by atoms with Crippen LogP contribution in [-0.2, 0) is 9.59 Å². The minimum Gasteiger partial charge on any atom is -0.349 e. The molecule has 3 nitrogen and oxygen atoms in total. The number of Topliss-reactive ketones (excluding diaryl/α,β-unsaturated/α-hetero) is 1. The number of hydrogen-bond donors (Lipinski definition) is 1. The van der Waals surface area contributed by atoms with Gasteiger partial charge in [0.2, 0.25) is 5.91 Å². The molecule has 0 aromatic heterocycles. The Balaban J connectivity index is 1.89. The number of ketones is 1. The number of nitrogens with one attached hydrogen (secondary N) is 1. The van der Waals surface area contributed by atoms with Gasteiger partial charge in [0.25, 0.3) is 0 Å². The molecule has 1 aliphatic carbocycles. The van der Waals surface area contributed by atoms with Gasteiger partial charge in [-0.25, -0.2) is 8.78 Å². The van der Waals surface area contributed by atoms with Crippen LogP contribution in [-0.4, -0.2) is 18.2 Å². The Morgan fingerprint density at radius 3 is 2.60 bits per heavy atom. The van der Waals surface area contributed by atoms with E-state index in [-0.39, 0.29) is 36.0 Å². The van der Waals surface area contributed by atoms with Gasteiger partial charge < -0.3 is 5.32 Å². The van der Waals surface area contributed by atoms with Gasteiger partial charge in [-0.3, -0.25) is 9.59 Å². The van der Waals surface area contributed by atoms with Crippen molar-refractivity contribution in [3.8, 4) is 0 Å². The molecule has 0 radical (unpaired) electrons. The van der Waals surface area contributed by atoms with Crippen LogP contribution in [0.25, 0.3) is 0 Å². The molecule has 1 saturated carbocycles. The normalized spacial score (nSPS) is 20.9. The van der Waals surface area contributed by atoms with E-state index in [9.17, 15) is 18.4 Å². The van der Waals surface area contributed by atoms with E-state index in [1.165, 1.54) is 6.07 Å². The van der Waals surface area contributed by atoms with Crippen LogP contribution < -0.4 is 5.32 Å². The molecule has 0 bridgehead atoms. The number of carbonyl (C=O) groups is 2. The molecule has 0 heterocycles. The van der Waals surface area contributed by atoms with Crippen LogP contribution in [0.1, 0.15) is 31.7 Å². The highest BCUT2D eigenvalue weighted by Gasteiger charge is 2.44. The first-order chi connectivity index (χ1) is 9.40. The highest BCUT2D eigenvalue weighted by molar-refractivity contribution is 5.89. The fourth-order valence-electron chi connectivity index (χ4n) is 2.11. The van der Waals surface area contributed by atoms with E-state index in [0.29, 0.717) is 12.0 Å². The molecule has 2 rings (SSSR count). The first-order valence-corrected chi connectivity index (χ1v) is 6.65. The van der Waals surface area contributed by atoms with Crippen molar-refractivity contribution in [2.24, 2.45) is 11.8 Å². The molecule has 2 atom stereocenters. The summed E-state index contributed by atoms with van der Waals surface area (Å²) in [4.78, 5) is 23.3. The Hall–Kier alpha value is -1.78. The third kappa shape index (κ3) is 3.21. The molecule has 0 aliphatic heterocycles. The van der Waals surface area contributed by atoms with Gasteiger partial charge in [-0.2, -0.15) is 0 Å². The summed E-state index contributed by atoms with van der Waals surface area (Å²) in [6.07, 6.45) is 0.604. The van der Waals surface area contributed by atoms with Crippen LogP contribution in [0.2, 0.25) is 0 Å². The first kappa shape index (κ1) is 14.6. The number of rotatable bonds is 5. The first-order valence-electron chi connectivity index (χ1n) is 6.65. The predicted octanol–water partition coefficient (Wildman–Crippen LogP) is 2.41. The van der Waals surface area contributed by atoms with Crippen LogP contribution in [0.15, 0.2) is 18.2 Å². The minimum absolute atomic E-state index is 0.0247. The Morgan fingerprint density at radius 2 is 2.00 bits per heavy atom. The summed E-state index contributed by atoms with van der Waals surface area (Å²) in [6.45, 7) is 3.57. The second kappa shape index (κ2) is 5.69. The molecule has 1 aliphatic rings. The summed E-state index contributed by atoms with van der Waals surface area (Å²) in [5, 5.41) is 2.60. The lowest BCUT2D eigenvalue weighted by Crippen LogP contribution is -2.32. The van der Waals surface area contributed by atoms with Gasteiger partial charge in [-0.15, -0.1) is 0 Å². The molecule has 1 aromatic carbocycles. The van der Waals surface area contributed by atoms with Crippen molar-refractivity contribution in [2.45, 2.75) is 26.2 Å². The smallest absolute Gasteiger partial charge is 0.224 e. The molecular formula is C15H17F2NO2. The topological polar surface area (TPSA) is 46.2 Å². The molecule has 108 valence electrons. The summed E-state index contributed by atoms with van der Waals surface area (Å²) in [7, 11) is 0. The largest absolute Gasteiger partial charge is 0.349 e. The molecule has 0 spiro atoms. The summed E-state index contributed by atoms with van der Waals surface area (Å²) in [5.74, 6) is -2.46. The van der Waals surface area contributed by atoms with Crippen LogP contribution in [0.3, 0.4) is 0 Å². The van der Waals surface area contributed by atoms with Crippen molar-refractivity contribution in [3.63, 3.8) is 0 Å². The van der Waals surface area contributed by atoms with Gasteiger partial charge in [-0.1, -0.05) is 19.9 Å². The number of halogens is 2. The Kier molecular flexibility index (Phi) is 4.16. The lowest BCUT2D eigenvalue weighted by molar-refractivity contribution is -0.127. The van der Waals surface area contributed by atoms with Crippen LogP contribution in [0, 0.1) is 23.5 Å². The third-order valence-corrected chi connectivity index (χ3v) is 3.58. The molecular weight excluding hydrogens is 264 g/mol. The van der Waals surface area contributed by atoms with Crippen molar-refractivity contribution < 1.29 is 18.4 Å². The molecule has 1 amide bonds. The third-order valence-electron chi connectivity index (χ3n) is 3.58. The van der Waals surface area contributed by atoms with Crippen LogP contribution in [0.5, 0.6) is 0 Å². The monoisotopic (exact) mass is 281 g/mol. The predicted molar refractivity (Wildman–Crippen MR) is 70.1 cm³/mol. The van der Waals surface area contributed by atoms with Gasteiger partial charge in [-0.05, 0) is 30.0 Å². The number of amides is 1.